The van der Waals surface area contributed by atoms with Gasteiger partial charge in [0.2, 0.25) is 23.6 Å². The van der Waals surface area contributed by atoms with Crippen LogP contribution in [0.15, 0.2) is 97.1 Å². The summed E-state index contributed by atoms with van der Waals surface area (Å²) >= 11 is 0. The number of benzene rings is 4. The number of nitrogens with two attached hydrogens (primary N) is 5. The highest BCUT2D eigenvalue weighted by molar-refractivity contribution is 5.99. The summed E-state index contributed by atoms with van der Waals surface area (Å²) in [6, 6.07) is 25.5. The maximum Gasteiger partial charge on any atom is 0.407 e. The highest BCUT2D eigenvalue weighted by atomic mass is 35.5. The van der Waals surface area contributed by atoms with Crippen LogP contribution >= 0.6 is 12.4 Å². The number of carbonyl (C=O) groups excluding carboxylic acids is 14. The summed E-state index contributed by atoms with van der Waals surface area (Å²) in [6.45, 7) is 28.2. The number of aliphatic carboxylic acids is 4. The fourth-order valence-corrected chi connectivity index (χ4v) is 14.8. The van der Waals surface area contributed by atoms with E-state index in [0.717, 1.165) is 48.8 Å². The minimum absolute atomic E-state index is 0. The molecule has 0 aliphatic heterocycles. The van der Waals surface area contributed by atoms with Crippen LogP contribution in [0.2, 0.25) is 0 Å². The van der Waals surface area contributed by atoms with E-state index in [0.29, 0.717) is 146 Å². The first-order chi connectivity index (χ1) is 68.6. The molecule has 826 valence electrons. The van der Waals surface area contributed by atoms with Gasteiger partial charge < -0.3 is 136 Å². The number of carboxylic acid groups (broad SMARTS) is 4. The number of carbonyl (C=O) groups is 18. The number of anilines is 2. The Hall–Kier alpha value is -12.6. The second-order valence-electron chi connectivity index (χ2n) is 38.7. The molecule has 0 fully saturated rings. The number of ketones is 5. The van der Waals surface area contributed by atoms with E-state index >= 15 is 0 Å². The van der Waals surface area contributed by atoms with Crippen molar-refractivity contribution in [3.8, 4) is 11.1 Å². The van der Waals surface area contributed by atoms with E-state index in [9.17, 15) is 91.4 Å². The Morgan fingerprint density at radius 1 is 0.395 bits per heavy atom. The zero-order chi connectivity index (χ0) is 111. The molecule has 0 bridgehead atoms. The zero-order valence-corrected chi connectivity index (χ0v) is 89.1. The Morgan fingerprint density at radius 2 is 0.748 bits per heavy atom. The highest BCUT2D eigenvalue weighted by Crippen LogP contribution is 2.44. The monoisotopic (exact) mass is 2090 g/mol. The number of nitrogens with one attached hydrogen (secondary N) is 9. The van der Waals surface area contributed by atoms with Gasteiger partial charge >= 0.3 is 54.2 Å². The number of hydrogen-bond donors (Lipinski definition) is 20. The molecule has 0 heterocycles. The number of rotatable bonds is 60. The molecule has 9 atom stereocenters. The number of urea groups is 2. The first kappa shape index (κ1) is 136. The lowest BCUT2D eigenvalue weighted by atomic mass is 9.89. The fourth-order valence-electron chi connectivity index (χ4n) is 14.8. The van der Waals surface area contributed by atoms with Gasteiger partial charge in [-0.3, -0.25) is 47.9 Å². The van der Waals surface area contributed by atoms with Gasteiger partial charge in [0, 0.05) is 101 Å². The van der Waals surface area contributed by atoms with E-state index in [1.807, 2.05) is 58.9 Å². The predicted molar refractivity (Wildman–Crippen MR) is 561 cm³/mol. The summed E-state index contributed by atoms with van der Waals surface area (Å²) in [5, 5.41) is 77.6. The van der Waals surface area contributed by atoms with E-state index in [-0.39, 0.29) is 135 Å². The number of ether oxygens (including phenoxy) is 3. The smallest absolute Gasteiger partial charge is 0.407 e. The minimum Gasteiger partial charge on any atom is -0.481 e. The van der Waals surface area contributed by atoms with E-state index in [1.54, 1.807) is 90.1 Å². The number of alkyl carbamates (subject to hydrolysis) is 3. The van der Waals surface area contributed by atoms with E-state index in [4.69, 9.17) is 68.4 Å². The van der Waals surface area contributed by atoms with E-state index in [1.165, 1.54) is 38.8 Å². The van der Waals surface area contributed by atoms with Gasteiger partial charge in [-0.1, -0.05) is 146 Å². The maximum absolute atomic E-state index is 13.4. The molecule has 1 aliphatic carbocycles. The Kier molecular flexibility index (Phi) is 70.6. The Morgan fingerprint density at radius 3 is 1.08 bits per heavy atom. The zero-order valence-electron chi connectivity index (χ0n) is 88.3. The molecule has 4 aromatic carbocycles. The molecule has 5 rings (SSSR count). The lowest BCUT2D eigenvalue weighted by Gasteiger charge is -2.26. The number of hydrogen-bond acceptors (Lipinski definition) is 26. The Bertz CT molecular complexity index is 4660. The van der Waals surface area contributed by atoms with Gasteiger partial charge in [0.1, 0.15) is 47.2 Å². The van der Waals surface area contributed by atoms with Crippen molar-refractivity contribution >= 4 is 131 Å². The first-order valence-electron chi connectivity index (χ1n) is 49.9. The summed E-state index contributed by atoms with van der Waals surface area (Å²) < 4.78 is 15.6. The number of amides is 11. The Balaban J connectivity index is 0. The third-order valence-corrected chi connectivity index (χ3v) is 22.5. The van der Waals surface area contributed by atoms with E-state index in [2.05, 4.69) is 72.1 Å². The van der Waals surface area contributed by atoms with Gasteiger partial charge in [-0.25, -0.2) is 24.0 Å². The average molecular weight is 2090 g/mol. The minimum atomic E-state index is -0.995. The van der Waals surface area contributed by atoms with Crippen LogP contribution in [0, 0.1) is 41.4 Å². The largest absolute Gasteiger partial charge is 0.481 e. The third-order valence-electron chi connectivity index (χ3n) is 22.5. The molecule has 42 heteroatoms. The van der Waals surface area contributed by atoms with Crippen molar-refractivity contribution in [3.05, 3.63) is 119 Å². The number of aliphatic hydroxyl groups is 2. The number of unbranched alkanes of at least 4 members (excludes halogenated alkanes) is 6. The molecule has 1 aliphatic rings. The summed E-state index contributed by atoms with van der Waals surface area (Å²) in [5.41, 5.74) is 32.9. The number of fused-ring (bicyclic) bond motifs is 3. The van der Waals surface area contributed by atoms with Crippen LogP contribution in [-0.4, -0.2) is 219 Å². The second kappa shape index (κ2) is 76.0. The van der Waals surface area contributed by atoms with Crippen LogP contribution < -0.4 is 76.5 Å². The number of primary amides is 2. The van der Waals surface area contributed by atoms with Crippen molar-refractivity contribution in [3.63, 3.8) is 0 Å². The average Bonchev–Trinajstić information content (AvgIpc) is 1.61. The number of halogens is 1. The van der Waals surface area contributed by atoms with Gasteiger partial charge in [-0.05, 0) is 228 Å². The quantitative estimate of drug-likeness (QED) is 0.0144. The SMILES string of the molecule is CC(=O)C[C@@H](CCCCN)C(=O)O.CC(=O)C[C@@H](CCCCNC(=O)OC(C)(C)C)C(=O)O.CC(=O)C[C@@H](CCCCNC(=O)OCC1c2ccccc2-c2ccccc21)C(=O)O.CC(C)(C)OC(=O)NCCCC[C@H](N)C(=O)O.CC(C)[C@H](N)C(=O)C[C@@H](CCCNC(N)=O)C(=O)Nc1ccc(CO)cc1.CCCCC[C@H](NC(C)=O)C(=O)N[C@H](C(=O)C[C@@H](CCCNC(N)=O)C(=O)Nc1ccc(CO)cc1)C(C)C.Cl. The van der Waals surface area contributed by atoms with Crippen LogP contribution in [-0.2, 0) is 89.8 Å². The summed E-state index contributed by atoms with van der Waals surface area (Å²) in [7, 11) is 0. The first-order valence-corrected chi connectivity index (χ1v) is 49.9. The fraction of sp³-hybridized carbons (Fsp3) is 0.600. The van der Waals surface area contributed by atoms with Crippen LogP contribution in [0.1, 0.15) is 293 Å². The van der Waals surface area contributed by atoms with Crippen LogP contribution in [0.5, 0.6) is 0 Å². The molecular formula is C105H167ClN14O27. The molecular weight excluding hydrogens is 1920 g/mol. The van der Waals surface area contributed by atoms with Crippen molar-refractivity contribution in [2.45, 2.75) is 319 Å². The standard InChI is InChI=1S/C28H45N5O6.C24H27NO5.C19H30N4O4.C14H25NO5.C11H22N2O4.C9H17NO3.ClH/c1-5-6-7-10-23(31-19(4)35)27(38)33-25(18(2)3)24(36)16-21(9-8-15-30-28(29)39)26(37)32-22-13-11-20(17-34)12-14-22;1-16(26)14-17(23(27)28)8-6-7-13-25-24(29)30-15-22-20-11-4-2-9-18(20)19-10-3-5-12-21(19)22;1-12(2)17(20)16(25)10-14(4-3-9-22-19(21)27)18(26)23-15-7-5-13(11-24)6-8-15;1-10(16)9-11(12(17)18)7-5-6-8-15-13(19)20-14(2,3)4;1-11(2,3)17-10(16)13-7-5-4-6-8(12)9(14)15;1-7(11)6-8(9(12)13)4-2-3-5-10;/h11-14,18,21,23,25,34H,5-10,15-17H2,1-4H3,(H,31,35)(H,32,37)(H,33,38)(H3,29,30,39);2-5,9-12,17,22H,6-8,13-15H2,1H3,(H,25,29)(H,27,28);5-8,12,14,17,24H,3-4,9-11,20H2,1-2H3,(H,23,26)(H3,21,22,27);11H,5-9H2,1-4H3,(H,15,19)(H,17,18);8H,4-7,12H2,1-3H3,(H,13,16)(H,14,15);8H,2-6,10H2,1H3,(H,12,13);1H/t21-,23+,25+;17-;14-,17+;11-;2*8-;/m111101./s1. The highest BCUT2D eigenvalue weighted by Gasteiger charge is 2.35. The summed E-state index contributed by atoms with van der Waals surface area (Å²) in [4.78, 5) is 209. The van der Waals surface area contributed by atoms with Crippen molar-refractivity contribution in [2.75, 3.05) is 56.5 Å². The molecule has 25 N–H and O–H groups in total. The molecule has 0 radical (unpaired) electrons. The lowest BCUT2D eigenvalue weighted by Crippen LogP contribution is -2.53. The topological polar surface area (TPSA) is 695 Å². The summed E-state index contributed by atoms with van der Waals surface area (Å²) in [5.74, 6) is -9.29. The molecule has 0 spiro atoms. The molecule has 11 amide bonds. The normalized spacial score (nSPS) is 12.9. The van der Waals surface area contributed by atoms with Gasteiger partial charge in [-0.2, -0.15) is 0 Å². The van der Waals surface area contributed by atoms with Gasteiger partial charge in [0.25, 0.3) is 0 Å². The predicted octanol–water partition coefficient (Wildman–Crippen LogP) is 12.5. The Labute approximate surface area is 870 Å². The number of aliphatic hydroxyl groups excluding tert-OH is 2. The van der Waals surface area contributed by atoms with Crippen molar-refractivity contribution in [1.29, 1.82) is 0 Å². The molecule has 4 aromatic rings. The van der Waals surface area contributed by atoms with Crippen LogP contribution in [0.4, 0.5) is 35.3 Å². The van der Waals surface area contributed by atoms with Crippen LogP contribution in [0.3, 0.4) is 0 Å². The molecule has 0 saturated heterocycles. The second-order valence-corrected chi connectivity index (χ2v) is 38.7. The van der Waals surface area contributed by atoms with Crippen molar-refractivity contribution in [1.82, 2.24) is 37.2 Å². The van der Waals surface area contributed by atoms with Gasteiger partial charge in [0.05, 0.1) is 43.1 Å². The number of carboxylic acids is 4. The molecule has 41 nitrogen and oxygen atoms in total. The molecule has 147 heavy (non-hydrogen) atoms. The van der Waals surface area contributed by atoms with Gasteiger partial charge in [0.15, 0.2) is 11.6 Å². The lowest BCUT2D eigenvalue weighted by molar-refractivity contribution is -0.144. The number of Topliss-reactive ketones (excluding diaryl/α,β-unsaturated/α-hetero) is 5. The van der Waals surface area contributed by atoms with Gasteiger partial charge in [-0.15, -0.1) is 12.4 Å². The van der Waals surface area contributed by atoms with Crippen molar-refractivity contribution in [2.24, 2.45) is 70.1 Å². The van der Waals surface area contributed by atoms with Crippen molar-refractivity contribution < 1.29 is 131 Å². The van der Waals surface area contributed by atoms with Crippen LogP contribution in [0.25, 0.3) is 11.1 Å². The third kappa shape index (κ3) is 64.9. The molecule has 0 aromatic heterocycles. The molecule has 0 saturated carbocycles. The molecule has 0 unspecified atom stereocenters. The van der Waals surface area contributed by atoms with E-state index < -0.39 is 125 Å². The maximum atomic E-state index is 13.4. The summed E-state index contributed by atoms with van der Waals surface area (Å²) in [6.07, 6.45) is 10.8.